The van der Waals surface area contributed by atoms with E-state index in [1.165, 1.54) is 25.9 Å². The molecule has 0 aliphatic carbocycles. The van der Waals surface area contributed by atoms with Crippen LogP contribution in [0.4, 0.5) is 0 Å². The Morgan fingerprint density at radius 2 is 2.17 bits per heavy atom. The highest BCUT2D eigenvalue weighted by Gasteiger charge is 2.11. The number of hydrogen-bond acceptors (Lipinski definition) is 3. The highest BCUT2D eigenvalue weighted by atomic mass is 16.1. The number of rotatable bonds is 5. The molecule has 0 spiro atoms. The van der Waals surface area contributed by atoms with Crippen LogP contribution in [0.25, 0.3) is 0 Å². The van der Waals surface area contributed by atoms with Crippen LogP contribution in [0, 0.1) is 0 Å². The number of nitrogens with zero attached hydrogens (tertiary/aromatic N) is 2. The molecule has 0 saturated carbocycles. The molecular formula is C14H21N3O. The molecule has 98 valence electrons. The number of aromatic nitrogens is 1. The van der Waals surface area contributed by atoms with E-state index < -0.39 is 0 Å². The van der Waals surface area contributed by atoms with Crippen molar-refractivity contribution in [2.75, 3.05) is 26.2 Å². The van der Waals surface area contributed by atoms with Crippen molar-refractivity contribution in [3.8, 4) is 0 Å². The lowest BCUT2D eigenvalue weighted by Crippen LogP contribution is -2.23. The van der Waals surface area contributed by atoms with Crippen LogP contribution in [-0.4, -0.2) is 42.0 Å². The van der Waals surface area contributed by atoms with E-state index in [1.54, 1.807) is 6.20 Å². The molecule has 0 bridgehead atoms. The van der Waals surface area contributed by atoms with Crippen molar-refractivity contribution < 1.29 is 4.79 Å². The van der Waals surface area contributed by atoms with Crippen molar-refractivity contribution in [3.05, 3.63) is 29.6 Å². The van der Waals surface area contributed by atoms with Crippen molar-refractivity contribution >= 4 is 5.91 Å². The summed E-state index contributed by atoms with van der Waals surface area (Å²) in [6.07, 6.45) is 5.28. The van der Waals surface area contributed by atoms with Crippen molar-refractivity contribution in [3.63, 3.8) is 0 Å². The second-order valence-corrected chi connectivity index (χ2v) is 4.70. The Bertz CT molecular complexity index is 383. The van der Waals surface area contributed by atoms with Gasteiger partial charge in [0.15, 0.2) is 0 Å². The summed E-state index contributed by atoms with van der Waals surface area (Å²) in [4.78, 5) is 18.4. The standard InChI is InChI=1S/C14H21N3O/c1-2-15-14(18)12-5-6-13(16-11-12)7-10-17-8-3-4-9-17/h5-6,11H,2-4,7-10H2,1H3,(H,15,18). The molecule has 1 aliphatic rings. The third kappa shape index (κ3) is 3.53. The molecule has 1 aliphatic heterocycles. The molecule has 18 heavy (non-hydrogen) atoms. The van der Waals surface area contributed by atoms with Gasteiger partial charge >= 0.3 is 0 Å². The molecule has 0 atom stereocenters. The molecule has 0 radical (unpaired) electrons. The van der Waals surface area contributed by atoms with Gasteiger partial charge < -0.3 is 10.2 Å². The Labute approximate surface area is 108 Å². The van der Waals surface area contributed by atoms with Gasteiger partial charge in [-0.05, 0) is 45.0 Å². The number of carbonyl (C=O) groups is 1. The highest BCUT2D eigenvalue weighted by molar-refractivity contribution is 5.93. The normalized spacial score (nSPS) is 15.8. The summed E-state index contributed by atoms with van der Waals surface area (Å²) in [6, 6.07) is 3.82. The molecular weight excluding hydrogens is 226 g/mol. The number of likely N-dealkylation sites (tertiary alicyclic amines) is 1. The molecule has 1 aromatic heterocycles. The van der Waals surface area contributed by atoms with Crippen LogP contribution in [0.3, 0.4) is 0 Å². The molecule has 2 rings (SSSR count). The monoisotopic (exact) mass is 247 g/mol. The average molecular weight is 247 g/mol. The van der Waals surface area contributed by atoms with Crippen molar-refractivity contribution in [1.82, 2.24) is 15.2 Å². The Morgan fingerprint density at radius 1 is 1.39 bits per heavy atom. The minimum Gasteiger partial charge on any atom is -0.352 e. The summed E-state index contributed by atoms with van der Waals surface area (Å²) in [7, 11) is 0. The molecule has 0 unspecified atom stereocenters. The first-order valence-corrected chi connectivity index (χ1v) is 6.75. The number of nitrogens with one attached hydrogen (secondary N) is 1. The van der Waals surface area contributed by atoms with Gasteiger partial charge in [0.25, 0.3) is 5.91 Å². The molecule has 4 heteroatoms. The van der Waals surface area contributed by atoms with Gasteiger partial charge in [0.1, 0.15) is 0 Å². The van der Waals surface area contributed by atoms with E-state index >= 15 is 0 Å². The summed E-state index contributed by atoms with van der Waals surface area (Å²) in [6.45, 7) is 6.08. The van der Waals surface area contributed by atoms with Crippen LogP contribution in [0.2, 0.25) is 0 Å². The molecule has 4 nitrogen and oxygen atoms in total. The fourth-order valence-electron chi connectivity index (χ4n) is 2.25. The van der Waals surface area contributed by atoms with E-state index in [0.29, 0.717) is 12.1 Å². The number of hydrogen-bond donors (Lipinski definition) is 1. The third-order valence-corrected chi connectivity index (χ3v) is 3.31. The lowest BCUT2D eigenvalue weighted by molar-refractivity contribution is 0.0955. The van der Waals surface area contributed by atoms with Crippen molar-refractivity contribution in [2.24, 2.45) is 0 Å². The van der Waals surface area contributed by atoms with Gasteiger partial charge in [-0.25, -0.2) is 0 Å². The zero-order valence-corrected chi connectivity index (χ0v) is 11.0. The van der Waals surface area contributed by atoms with Crippen LogP contribution in [0.15, 0.2) is 18.3 Å². The second kappa shape index (κ2) is 6.50. The molecule has 2 heterocycles. The zero-order chi connectivity index (χ0) is 12.8. The second-order valence-electron chi connectivity index (χ2n) is 4.70. The Kier molecular flexibility index (Phi) is 4.70. The summed E-state index contributed by atoms with van der Waals surface area (Å²) < 4.78 is 0. The SMILES string of the molecule is CCNC(=O)c1ccc(CCN2CCCC2)nc1. The fraction of sp³-hybridized carbons (Fsp3) is 0.571. The minimum absolute atomic E-state index is 0.0453. The first kappa shape index (κ1) is 13.0. The molecule has 1 amide bonds. The van der Waals surface area contributed by atoms with Gasteiger partial charge in [0.2, 0.25) is 0 Å². The Balaban J connectivity index is 1.85. The lowest BCUT2D eigenvalue weighted by Gasteiger charge is -2.13. The first-order valence-electron chi connectivity index (χ1n) is 6.75. The summed E-state index contributed by atoms with van der Waals surface area (Å²) in [5, 5.41) is 2.77. The van der Waals surface area contributed by atoms with Gasteiger partial charge in [0, 0.05) is 31.4 Å². The minimum atomic E-state index is -0.0453. The van der Waals surface area contributed by atoms with Crippen LogP contribution in [0.1, 0.15) is 35.8 Å². The Hall–Kier alpha value is -1.42. The number of pyridine rings is 1. The number of amides is 1. The first-order chi connectivity index (χ1) is 8.79. The van der Waals surface area contributed by atoms with Crippen molar-refractivity contribution in [2.45, 2.75) is 26.2 Å². The maximum Gasteiger partial charge on any atom is 0.252 e. The smallest absolute Gasteiger partial charge is 0.252 e. The summed E-state index contributed by atoms with van der Waals surface area (Å²) in [5.41, 5.74) is 1.71. The largest absolute Gasteiger partial charge is 0.352 e. The van der Waals surface area contributed by atoms with E-state index in [0.717, 1.165) is 18.7 Å². The van der Waals surface area contributed by atoms with Gasteiger partial charge in [0.05, 0.1) is 5.56 Å². The molecule has 1 aromatic rings. The van der Waals surface area contributed by atoms with Crippen LogP contribution >= 0.6 is 0 Å². The lowest BCUT2D eigenvalue weighted by atomic mass is 10.2. The zero-order valence-electron chi connectivity index (χ0n) is 11.0. The van der Waals surface area contributed by atoms with E-state index in [4.69, 9.17) is 0 Å². The number of carbonyl (C=O) groups excluding carboxylic acids is 1. The van der Waals surface area contributed by atoms with E-state index in [9.17, 15) is 4.79 Å². The third-order valence-electron chi connectivity index (χ3n) is 3.31. The van der Waals surface area contributed by atoms with Gasteiger partial charge in [-0.3, -0.25) is 9.78 Å². The molecule has 1 saturated heterocycles. The van der Waals surface area contributed by atoms with Crippen LogP contribution in [-0.2, 0) is 6.42 Å². The predicted octanol–water partition coefficient (Wildman–Crippen LogP) is 1.47. The van der Waals surface area contributed by atoms with Gasteiger partial charge in [-0.1, -0.05) is 0 Å². The molecule has 1 N–H and O–H groups in total. The summed E-state index contributed by atoms with van der Waals surface area (Å²) >= 11 is 0. The Morgan fingerprint density at radius 3 is 2.78 bits per heavy atom. The highest BCUT2D eigenvalue weighted by Crippen LogP contribution is 2.08. The predicted molar refractivity (Wildman–Crippen MR) is 71.6 cm³/mol. The van der Waals surface area contributed by atoms with Crippen LogP contribution in [0.5, 0.6) is 0 Å². The average Bonchev–Trinajstić information content (AvgIpc) is 2.90. The fourth-order valence-corrected chi connectivity index (χ4v) is 2.25. The summed E-state index contributed by atoms with van der Waals surface area (Å²) in [5.74, 6) is -0.0453. The molecule has 1 fully saturated rings. The van der Waals surface area contributed by atoms with E-state index in [-0.39, 0.29) is 5.91 Å². The quantitative estimate of drug-likeness (QED) is 0.857. The topological polar surface area (TPSA) is 45.2 Å². The van der Waals surface area contributed by atoms with E-state index in [1.807, 2.05) is 19.1 Å². The van der Waals surface area contributed by atoms with Crippen LogP contribution < -0.4 is 5.32 Å². The van der Waals surface area contributed by atoms with E-state index in [2.05, 4.69) is 15.2 Å². The van der Waals surface area contributed by atoms with Gasteiger partial charge in [-0.2, -0.15) is 0 Å². The maximum atomic E-state index is 11.6. The van der Waals surface area contributed by atoms with Crippen molar-refractivity contribution in [1.29, 1.82) is 0 Å². The molecule has 0 aromatic carbocycles. The maximum absolute atomic E-state index is 11.6. The van der Waals surface area contributed by atoms with Gasteiger partial charge in [-0.15, -0.1) is 0 Å².